The van der Waals surface area contributed by atoms with Gasteiger partial charge in [-0.2, -0.15) is 5.26 Å². The molecule has 3 aromatic rings. The Kier molecular flexibility index (Phi) is 3.17. The van der Waals surface area contributed by atoms with Gasteiger partial charge in [-0.25, -0.2) is 9.37 Å². The van der Waals surface area contributed by atoms with Crippen LogP contribution in [0.3, 0.4) is 0 Å². The van der Waals surface area contributed by atoms with E-state index < -0.39 is 5.82 Å². The van der Waals surface area contributed by atoms with Gasteiger partial charge in [0.15, 0.2) is 0 Å². The molecular formula is C17H9FN2O. The van der Waals surface area contributed by atoms with E-state index >= 15 is 0 Å². The Morgan fingerprint density at radius 1 is 1.10 bits per heavy atom. The van der Waals surface area contributed by atoms with E-state index in [9.17, 15) is 14.4 Å². The molecule has 0 bridgehead atoms. The smallest absolute Gasteiger partial charge is 0.150 e. The van der Waals surface area contributed by atoms with Gasteiger partial charge >= 0.3 is 0 Å². The minimum atomic E-state index is -0.548. The second kappa shape index (κ2) is 5.14. The van der Waals surface area contributed by atoms with Gasteiger partial charge in [0.2, 0.25) is 0 Å². The first-order chi connectivity index (χ1) is 10.2. The lowest BCUT2D eigenvalue weighted by atomic mass is 10.00. The number of aromatic nitrogens is 1. The second-order valence-electron chi connectivity index (χ2n) is 4.55. The first-order valence-electron chi connectivity index (χ1n) is 6.28. The summed E-state index contributed by atoms with van der Waals surface area (Å²) in [5, 5.41) is 10.1. The van der Waals surface area contributed by atoms with Gasteiger partial charge in [0, 0.05) is 22.1 Å². The molecule has 0 fully saturated rings. The van der Waals surface area contributed by atoms with Gasteiger partial charge in [0.25, 0.3) is 0 Å². The average molecular weight is 276 g/mol. The lowest BCUT2D eigenvalue weighted by Gasteiger charge is -2.07. The van der Waals surface area contributed by atoms with Crippen molar-refractivity contribution in [1.82, 2.24) is 4.98 Å². The normalized spacial score (nSPS) is 10.3. The molecule has 0 spiro atoms. The van der Waals surface area contributed by atoms with E-state index in [0.717, 1.165) is 11.5 Å². The Hall–Kier alpha value is -3.06. The molecule has 0 saturated heterocycles. The van der Waals surface area contributed by atoms with Gasteiger partial charge in [-0.1, -0.05) is 30.3 Å². The second-order valence-corrected chi connectivity index (χ2v) is 4.55. The van der Waals surface area contributed by atoms with E-state index in [1.807, 2.05) is 24.3 Å². The summed E-state index contributed by atoms with van der Waals surface area (Å²) < 4.78 is 14.1. The van der Waals surface area contributed by atoms with Crippen molar-refractivity contribution >= 4 is 17.2 Å². The van der Waals surface area contributed by atoms with Crippen LogP contribution in [0.5, 0.6) is 0 Å². The highest BCUT2D eigenvalue weighted by molar-refractivity contribution is 5.86. The monoisotopic (exact) mass is 276 g/mol. The first kappa shape index (κ1) is 12.9. The number of carbonyl (C=O) groups is 1. The summed E-state index contributed by atoms with van der Waals surface area (Å²) in [7, 11) is 0. The highest BCUT2D eigenvalue weighted by Gasteiger charge is 2.13. The molecule has 4 heteroatoms. The van der Waals surface area contributed by atoms with Crippen molar-refractivity contribution in [3.8, 4) is 17.2 Å². The Balaban J connectivity index is 2.29. The lowest BCUT2D eigenvalue weighted by molar-refractivity contribution is 0.112. The van der Waals surface area contributed by atoms with E-state index in [1.165, 1.54) is 12.1 Å². The molecule has 0 saturated carbocycles. The number of carbonyl (C=O) groups excluding carboxylic acids is 1. The van der Waals surface area contributed by atoms with E-state index in [4.69, 9.17) is 0 Å². The highest BCUT2D eigenvalue weighted by atomic mass is 19.1. The fraction of sp³-hybridized carbons (Fsp3) is 0. The molecule has 100 valence electrons. The molecule has 0 aliphatic carbocycles. The Morgan fingerprint density at radius 2 is 1.90 bits per heavy atom. The van der Waals surface area contributed by atoms with Gasteiger partial charge in [0.1, 0.15) is 23.9 Å². The zero-order chi connectivity index (χ0) is 14.8. The summed E-state index contributed by atoms with van der Waals surface area (Å²) in [5.41, 5.74) is 1.78. The van der Waals surface area contributed by atoms with Crippen molar-refractivity contribution in [2.24, 2.45) is 0 Å². The van der Waals surface area contributed by atoms with Crippen LogP contribution in [0.2, 0.25) is 0 Å². The fourth-order valence-electron chi connectivity index (χ4n) is 2.23. The van der Waals surface area contributed by atoms with Gasteiger partial charge < -0.3 is 0 Å². The zero-order valence-electron chi connectivity index (χ0n) is 10.9. The van der Waals surface area contributed by atoms with Crippen LogP contribution in [-0.4, -0.2) is 11.3 Å². The predicted octanol–water partition coefficient (Wildman–Crippen LogP) is 3.73. The summed E-state index contributed by atoms with van der Waals surface area (Å²) in [6.07, 6.45) is 0.580. The van der Waals surface area contributed by atoms with Crippen molar-refractivity contribution in [2.45, 2.75) is 0 Å². The Bertz CT molecular complexity index is 897. The maximum atomic E-state index is 14.1. The van der Waals surface area contributed by atoms with Crippen molar-refractivity contribution < 1.29 is 9.18 Å². The number of hydrogen-bond acceptors (Lipinski definition) is 3. The fourth-order valence-corrected chi connectivity index (χ4v) is 2.23. The third-order valence-electron chi connectivity index (χ3n) is 3.25. The maximum absolute atomic E-state index is 14.1. The van der Waals surface area contributed by atoms with Gasteiger partial charge in [-0.3, -0.25) is 4.79 Å². The third-order valence-corrected chi connectivity index (χ3v) is 3.25. The van der Waals surface area contributed by atoms with Crippen LogP contribution < -0.4 is 0 Å². The third kappa shape index (κ3) is 2.26. The molecule has 0 atom stereocenters. The predicted molar refractivity (Wildman–Crippen MR) is 77.2 cm³/mol. The molecule has 0 amide bonds. The average Bonchev–Trinajstić information content (AvgIpc) is 2.53. The van der Waals surface area contributed by atoms with Crippen molar-refractivity contribution in [3.63, 3.8) is 0 Å². The number of pyridine rings is 1. The number of hydrogen-bond donors (Lipinski definition) is 0. The van der Waals surface area contributed by atoms with Crippen LogP contribution in [0.15, 0.2) is 48.5 Å². The van der Waals surface area contributed by atoms with E-state index in [-0.39, 0.29) is 16.8 Å². The largest absolute Gasteiger partial charge is 0.298 e. The van der Waals surface area contributed by atoms with Crippen LogP contribution in [0.1, 0.15) is 16.1 Å². The van der Waals surface area contributed by atoms with Gasteiger partial charge in [-0.15, -0.1) is 0 Å². The first-order valence-corrected chi connectivity index (χ1v) is 6.28. The number of para-hydroxylation sites is 1. The van der Waals surface area contributed by atoms with E-state index in [0.29, 0.717) is 17.4 Å². The molecular weight excluding hydrogens is 267 g/mol. The summed E-state index contributed by atoms with van der Waals surface area (Å²) in [4.78, 5) is 14.9. The van der Waals surface area contributed by atoms with Crippen LogP contribution in [0.4, 0.5) is 4.39 Å². The van der Waals surface area contributed by atoms with Crippen molar-refractivity contribution in [3.05, 3.63) is 65.6 Å². The summed E-state index contributed by atoms with van der Waals surface area (Å²) in [6, 6.07) is 15.2. The molecule has 3 rings (SSSR count). The van der Waals surface area contributed by atoms with Crippen LogP contribution in [0, 0.1) is 17.1 Å². The van der Waals surface area contributed by atoms with Crippen molar-refractivity contribution in [1.29, 1.82) is 5.26 Å². The van der Waals surface area contributed by atoms with Crippen LogP contribution >= 0.6 is 0 Å². The Labute approximate surface area is 120 Å². The highest BCUT2D eigenvalue weighted by Crippen LogP contribution is 2.28. The van der Waals surface area contributed by atoms with Gasteiger partial charge in [0.05, 0.1) is 5.52 Å². The quantitative estimate of drug-likeness (QED) is 0.670. The van der Waals surface area contributed by atoms with E-state index in [2.05, 4.69) is 4.98 Å². The number of nitrogens with zero attached hydrogens (tertiary/aromatic N) is 2. The van der Waals surface area contributed by atoms with Crippen molar-refractivity contribution in [2.75, 3.05) is 0 Å². The standard InChI is InChI=1S/C17H9FN2O/c18-15-7-11(10-21)5-6-13(15)14-8-12-3-1-2-4-16(12)20-17(14)9-19/h1-8,10H. The summed E-state index contributed by atoms with van der Waals surface area (Å²) in [5.74, 6) is -0.548. The molecule has 1 heterocycles. The molecule has 21 heavy (non-hydrogen) atoms. The molecule has 0 aliphatic rings. The Morgan fingerprint density at radius 3 is 2.62 bits per heavy atom. The van der Waals surface area contributed by atoms with Crippen LogP contribution in [0.25, 0.3) is 22.0 Å². The number of rotatable bonds is 2. The number of halogens is 1. The molecule has 3 nitrogen and oxygen atoms in total. The van der Waals surface area contributed by atoms with Gasteiger partial charge in [-0.05, 0) is 18.2 Å². The minimum Gasteiger partial charge on any atom is -0.298 e. The minimum absolute atomic E-state index is 0.159. The molecule has 0 N–H and O–H groups in total. The number of nitriles is 1. The number of aldehydes is 1. The molecule has 0 unspecified atom stereocenters. The summed E-state index contributed by atoms with van der Waals surface area (Å²) >= 11 is 0. The SMILES string of the molecule is N#Cc1nc2ccccc2cc1-c1ccc(C=O)cc1F. The zero-order valence-corrected chi connectivity index (χ0v) is 10.9. The topological polar surface area (TPSA) is 53.8 Å². The summed E-state index contributed by atoms with van der Waals surface area (Å²) in [6.45, 7) is 0. The molecule has 2 aromatic carbocycles. The van der Waals surface area contributed by atoms with E-state index in [1.54, 1.807) is 12.1 Å². The lowest BCUT2D eigenvalue weighted by Crippen LogP contribution is -1.94. The maximum Gasteiger partial charge on any atom is 0.150 e. The van der Waals surface area contributed by atoms with Crippen LogP contribution in [-0.2, 0) is 0 Å². The molecule has 1 aromatic heterocycles. The molecule has 0 aliphatic heterocycles. The molecule has 0 radical (unpaired) electrons. The number of fused-ring (bicyclic) bond motifs is 1. The number of benzene rings is 2.